The maximum absolute atomic E-state index is 13.2. The lowest BCUT2D eigenvalue weighted by Crippen LogP contribution is -2.46. The molecule has 0 saturated carbocycles. The van der Waals surface area contributed by atoms with E-state index in [-0.39, 0.29) is 12.4 Å². The molecule has 0 aliphatic rings. The number of benzene rings is 1. The first-order valence-corrected chi connectivity index (χ1v) is 4.53. The number of rotatable bonds is 2. The molecule has 1 atom stereocenters. The Morgan fingerprint density at radius 1 is 1.11 bits per heavy atom. The maximum Gasteiger partial charge on any atom is 0.455 e. The van der Waals surface area contributed by atoms with Crippen LogP contribution in [0.2, 0.25) is 0 Å². The van der Waals surface area contributed by atoms with Crippen LogP contribution in [0.25, 0.3) is 0 Å². The Kier molecular flexibility index (Phi) is 5.07. The Balaban J connectivity index is 0.00000289. The smallest absolute Gasteiger partial charge is 0.319 e. The summed E-state index contributed by atoms with van der Waals surface area (Å²) in [6.07, 6.45) is -5.82. The number of halogens is 7. The number of aryl methyl sites for hydroxylation is 1. The molecular formula is C10H10ClF6N. The average Bonchev–Trinajstić information content (AvgIpc) is 2.14. The lowest BCUT2D eigenvalue weighted by Gasteiger charge is -2.26. The number of hydrogen-bond acceptors (Lipinski definition) is 1. The molecule has 0 fully saturated rings. The van der Waals surface area contributed by atoms with E-state index in [0.717, 1.165) is 12.1 Å². The average molecular weight is 294 g/mol. The molecule has 0 saturated heterocycles. The SMILES string of the molecule is Cc1ccc([C@@H](N)C(F)(F)C(F)(F)F)c(F)c1.Cl. The largest absolute Gasteiger partial charge is 0.455 e. The molecule has 0 aliphatic carbocycles. The second-order valence-electron chi connectivity index (χ2n) is 3.62. The highest BCUT2D eigenvalue weighted by atomic mass is 35.5. The van der Waals surface area contributed by atoms with Crippen LogP contribution in [0.15, 0.2) is 18.2 Å². The lowest BCUT2D eigenvalue weighted by atomic mass is 9.99. The van der Waals surface area contributed by atoms with Crippen molar-refractivity contribution < 1.29 is 26.3 Å². The van der Waals surface area contributed by atoms with Crippen molar-refractivity contribution in [3.8, 4) is 0 Å². The van der Waals surface area contributed by atoms with Crippen LogP contribution in [-0.2, 0) is 0 Å². The third kappa shape index (κ3) is 3.08. The van der Waals surface area contributed by atoms with E-state index in [4.69, 9.17) is 5.73 Å². The third-order valence-corrected chi connectivity index (χ3v) is 2.26. The first kappa shape index (κ1) is 17.1. The number of alkyl halides is 5. The van der Waals surface area contributed by atoms with Gasteiger partial charge in [0, 0.05) is 5.56 Å². The van der Waals surface area contributed by atoms with Gasteiger partial charge in [0.15, 0.2) is 0 Å². The molecule has 0 bridgehead atoms. The molecule has 8 heteroatoms. The molecule has 0 heterocycles. The first-order chi connectivity index (χ1) is 7.57. The van der Waals surface area contributed by atoms with Gasteiger partial charge in [-0.05, 0) is 18.6 Å². The van der Waals surface area contributed by atoms with Gasteiger partial charge in [0.25, 0.3) is 0 Å². The Morgan fingerprint density at radius 3 is 2.00 bits per heavy atom. The minimum absolute atomic E-state index is 0. The molecule has 0 aliphatic heterocycles. The van der Waals surface area contributed by atoms with E-state index < -0.39 is 29.5 Å². The van der Waals surface area contributed by atoms with Gasteiger partial charge in [0.2, 0.25) is 0 Å². The highest BCUT2D eigenvalue weighted by molar-refractivity contribution is 5.85. The summed E-state index contributed by atoms with van der Waals surface area (Å²) in [6.45, 7) is 1.47. The first-order valence-electron chi connectivity index (χ1n) is 4.53. The molecule has 0 amide bonds. The molecule has 1 aromatic rings. The molecular weight excluding hydrogens is 284 g/mol. The van der Waals surface area contributed by atoms with Crippen LogP contribution in [0.4, 0.5) is 26.3 Å². The topological polar surface area (TPSA) is 26.0 Å². The van der Waals surface area contributed by atoms with Crippen LogP contribution >= 0.6 is 12.4 Å². The van der Waals surface area contributed by atoms with E-state index >= 15 is 0 Å². The van der Waals surface area contributed by atoms with E-state index in [0.29, 0.717) is 5.56 Å². The van der Waals surface area contributed by atoms with Crippen LogP contribution in [0.1, 0.15) is 17.2 Å². The predicted molar refractivity (Wildman–Crippen MR) is 56.3 cm³/mol. The van der Waals surface area contributed by atoms with Crippen molar-refractivity contribution in [1.82, 2.24) is 0 Å². The van der Waals surface area contributed by atoms with E-state index in [1.807, 2.05) is 0 Å². The van der Waals surface area contributed by atoms with Crippen LogP contribution in [-0.4, -0.2) is 12.1 Å². The standard InChI is InChI=1S/C10H9F6N.ClH/c1-5-2-3-6(7(11)4-5)8(17)9(12,13)10(14,15)16;/h2-4,8H,17H2,1H3;1H/t8-;/m1./s1. The normalized spacial score (nSPS) is 14.0. The summed E-state index contributed by atoms with van der Waals surface area (Å²) >= 11 is 0. The molecule has 2 N–H and O–H groups in total. The summed E-state index contributed by atoms with van der Waals surface area (Å²) in [5, 5.41) is 0. The molecule has 0 aromatic heterocycles. The van der Waals surface area contributed by atoms with Crippen LogP contribution < -0.4 is 5.73 Å². The zero-order valence-electron chi connectivity index (χ0n) is 9.06. The van der Waals surface area contributed by atoms with Crippen molar-refractivity contribution in [3.05, 3.63) is 35.1 Å². The minimum Gasteiger partial charge on any atom is -0.319 e. The quantitative estimate of drug-likeness (QED) is 0.826. The molecule has 1 rings (SSSR count). The minimum atomic E-state index is -5.82. The van der Waals surface area contributed by atoms with Crippen LogP contribution in [0, 0.1) is 12.7 Å². The second kappa shape index (κ2) is 5.36. The molecule has 18 heavy (non-hydrogen) atoms. The van der Waals surface area contributed by atoms with Gasteiger partial charge in [0.05, 0.1) is 0 Å². The Bertz CT molecular complexity index is 417. The van der Waals surface area contributed by atoms with Gasteiger partial charge in [-0.2, -0.15) is 22.0 Å². The van der Waals surface area contributed by atoms with Crippen molar-refractivity contribution >= 4 is 12.4 Å². The number of hydrogen-bond donors (Lipinski definition) is 1. The van der Waals surface area contributed by atoms with Gasteiger partial charge >= 0.3 is 12.1 Å². The summed E-state index contributed by atoms with van der Waals surface area (Å²) in [6, 6.07) is 0.129. The molecule has 104 valence electrons. The molecule has 0 radical (unpaired) electrons. The second-order valence-corrected chi connectivity index (χ2v) is 3.62. The fraction of sp³-hybridized carbons (Fsp3) is 0.400. The lowest BCUT2D eigenvalue weighted by molar-refractivity contribution is -0.291. The van der Waals surface area contributed by atoms with Gasteiger partial charge in [-0.25, -0.2) is 4.39 Å². The molecule has 0 spiro atoms. The van der Waals surface area contributed by atoms with Gasteiger partial charge in [-0.15, -0.1) is 12.4 Å². The maximum atomic E-state index is 13.2. The van der Waals surface area contributed by atoms with Crippen molar-refractivity contribution in [2.45, 2.75) is 25.1 Å². The molecule has 1 nitrogen and oxygen atoms in total. The van der Waals surface area contributed by atoms with E-state index in [1.54, 1.807) is 0 Å². The zero-order valence-corrected chi connectivity index (χ0v) is 9.88. The Labute approximate surface area is 105 Å². The van der Waals surface area contributed by atoms with Gasteiger partial charge in [-0.1, -0.05) is 12.1 Å². The fourth-order valence-corrected chi connectivity index (χ4v) is 1.26. The molecule has 1 aromatic carbocycles. The summed E-state index contributed by atoms with van der Waals surface area (Å²) in [5.74, 6) is -6.36. The van der Waals surface area contributed by atoms with E-state index in [9.17, 15) is 26.3 Å². The van der Waals surface area contributed by atoms with Crippen molar-refractivity contribution in [3.63, 3.8) is 0 Å². The Morgan fingerprint density at radius 2 is 1.61 bits per heavy atom. The zero-order chi connectivity index (χ0) is 13.4. The fourth-order valence-electron chi connectivity index (χ4n) is 1.26. The number of nitrogens with two attached hydrogens (primary N) is 1. The predicted octanol–water partition coefficient (Wildman–Crippen LogP) is 3.75. The van der Waals surface area contributed by atoms with Crippen molar-refractivity contribution in [2.24, 2.45) is 5.73 Å². The highest BCUT2D eigenvalue weighted by Crippen LogP contribution is 2.43. The van der Waals surface area contributed by atoms with Crippen LogP contribution in [0.5, 0.6) is 0 Å². The Hall–Kier alpha value is -0.950. The van der Waals surface area contributed by atoms with Gasteiger partial charge in [-0.3, -0.25) is 0 Å². The summed E-state index contributed by atoms with van der Waals surface area (Å²) in [7, 11) is 0. The molecule has 0 unspecified atom stereocenters. The van der Waals surface area contributed by atoms with E-state index in [2.05, 4.69) is 0 Å². The van der Waals surface area contributed by atoms with Crippen molar-refractivity contribution in [2.75, 3.05) is 0 Å². The third-order valence-electron chi connectivity index (χ3n) is 2.26. The van der Waals surface area contributed by atoms with Gasteiger partial charge < -0.3 is 5.73 Å². The summed E-state index contributed by atoms with van der Waals surface area (Å²) in [5.41, 5.74) is 4.33. The monoisotopic (exact) mass is 293 g/mol. The van der Waals surface area contributed by atoms with Crippen molar-refractivity contribution in [1.29, 1.82) is 0 Å². The van der Waals surface area contributed by atoms with Crippen LogP contribution in [0.3, 0.4) is 0 Å². The summed E-state index contributed by atoms with van der Waals surface area (Å²) < 4.78 is 75.1. The summed E-state index contributed by atoms with van der Waals surface area (Å²) in [4.78, 5) is 0. The van der Waals surface area contributed by atoms with Gasteiger partial charge in [0.1, 0.15) is 11.9 Å². The highest BCUT2D eigenvalue weighted by Gasteiger charge is 2.62. The van der Waals surface area contributed by atoms with E-state index in [1.165, 1.54) is 13.0 Å².